The van der Waals surface area contributed by atoms with Crippen molar-refractivity contribution in [2.24, 2.45) is 0 Å². The van der Waals surface area contributed by atoms with Crippen LogP contribution in [0.15, 0.2) is 23.8 Å². The molecule has 1 radical (unpaired) electrons. The van der Waals surface area contributed by atoms with Crippen molar-refractivity contribution in [2.75, 3.05) is 0 Å². The van der Waals surface area contributed by atoms with E-state index in [0.717, 1.165) is 5.57 Å². The predicted octanol–water partition coefficient (Wildman–Crippen LogP) is 1.19. The van der Waals surface area contributed by atoms with Crippen molar-refractivity contribution < 1.29 is 40.6 Å². The Morgan fingerprint density at radius 1 is 1.54 bits per heavy atom. The van der Waals surface area contributed by atoms with Crippen LogP contribution in [-0.2, 0) is 37.8 Å². The third-order valence-corrected chi connectivity index (χ3v) is 3.54. The summed E-state index contributed by atoms with van der Waals surface area (Å²) in [6, 6.07) is 0. The Balaban J connectivity index is 0.00000144. The molecule has 1 atom stereocenters. The van der Waals surface area contributed by atoms with Crippen LogP contribution in [0.4, 0.5) is 0 Å². The van der Waals surface area contributed by atoms with Gasteiger partial charge in [0.05, 0.1) is 4.75 Å². The van der Waals surface area contributed by atoms with Gasteiger partial charge < -0.3 is 4.55 Å². The average Bonchev–Trinajstić information content (AvgIpc) is 1.93. The molecule has 0 bridgehead atoms. The quantitative estimate of drug-likeness (QED) is 0.502. The van der Waals surface area contributed by atoms with E-state index in [1.165, 1.54) is 13.0 Å². The van der Waals surface area contributed by atoms with Gasteiger partial charge in [0.2, 0.25) is 0 Å². The number of allylic oxidation sites excluding steroid dienone is 3. The SMILES string of the molecule is CC1=CCC(C)(S(=O)(=O)[O-])C=C1.[Hg+]. The summed E-state index contributed by atoms with van der Waals surface area (Å²) in [6.07, 6.45) is 5.17. The monoisotopic (exact) mass is 389 g/mol. The third-order valence-electron chi connectivity index (χ3n) is 2.10. The van der Waals surface area contributed by atoms with Gasteiger partial charge in [-0.3, -0.25) is 0 Å². The second kappa shape index (κ2) is 4.23. The van der Waals surface area contributed by atoms with Crippen molar-refractivity contribution in [1.29, 1.82) is 0 Å². The Hall–Kier alpha value is 0.325. The van der Waals surface area contributed by atoms with E-state index in [1.807, 2.05) is 6.92 Å². The first-order valence-electron chi connectivity index (χ1n) is 3.67. The molecule has 0 aromatic carbocycles. The Bertz CT molecular complexity index is 342. The average molecular weight is 388 g/mol. The standard InChI is InChI=1S/C8H12O3S.Hg/c1-7-3-5-8(2,6-4-7)12(9,10)11;/h3-5H,6H2,1-2H3,(H,9,10,11);/q;+1/p-1. The molecule has 0 heterocycles. The summed E-state index contributed by atoms with van der Waals surface area (Å²) in [5.41, 5.74) is 0.996. The maximum Gasteiger partial charge on any atom is 1.00 e. The van der Waals surface area contributed by atoms with Crippen LogP contribution in [0.2, 0.25) is 0 Å². The second-order valence-electron chi connectivity index (χ2n) is 3.25. The van der Waals surface area contributed by atoms with Gasteiger partial charge in [-0.2, -0.15) is 0 Å². The maximum absolute atomic E-state index is 10.8. The summed E-state index contributed by atoms with van der Waals surface area (Å²) in [5.74, 6) is 0. The molecule has 0 spiro atoms. The third kappa shape index (κ3) is 2.89. The minimum atomic E-state index is -4.23. The van der Waals surface area contributed by atoms with Crippen LogP contribution >= 0.6 is 0 Å². The maximum atomic E-state index is 10.8. The van der Waals surface area contributed by atoms with Crippen LogP contribution in [0, 0.1) is 0 Å². The Morgan fingerprint density at radius 3 is 2.38 bits per heavy atom. The van der Waals surface area contributed by atoms with E-state index in [-0.39, 0.29) is 34.1 Å². The molecule has 1 aliphatic carbocycles. The molecule has 0 fully saturated rings. The molecule has 0 aliphatic heterocycles. The van der Waals surface area contributed by atoms with E-state index in [0.29, 0.717) is 0 Å². The fourth-order valence-corrected chi connectivity index (χ4v) is 1.52. The van der Waals surface area contributed by atoms with Crippen molar-refractivity contribution in [1.82, 2.24) is 0 Å². The minimum absolute atomic E-state index is 0. The molecule has 0 aromatic heterocycles. The molecule has 13 heavy (non-hydrogen) atoms. The second-order valence-corrected chi connectivity index (χ2v) is 5.09. The Morgan fingerprint density at radius 2 is 2.08 bits per heavy atom. The number of hydrogen-bond acceptors (Lipinski definition) is 3. The molecule has 3 nitrogen and oxygen atoms in total. The van der Waals surface area contributed by atoms with Crippen molar-refractivity contribution in [3.63, 3.8) is 0 Å². The van der Waals surface area contributed by atoms with Gasteiger partial charge >= 0.3 is 27.7 Å². The van der Waals surface area contributed by atoms with Crippen molar-refractivity contribution in [3.05, 3.63) is 23.8 Å². The first-order chi connectivity index (χ1) is 5.35. The Kier molecular flexibility index (Phi) is 4.34. The summed E-state index contributed by atoms with van der Waals surface area (Å²) >= 11 is 0. The van der Waals surface area contributed by atoms with Gasteiger partial charge in [0.15, 0.2) is 0 Å². The van der Waals surface area contributed by atoms with Crippen LogP contribution in [0.3, 0.4) is 0 Å². The van der Waals surface area contributed by atoms with Gasteiger partial charge in [-0.1, -0.05) is 23.8 Å². The number of rotatable bonds is 1. The summed E-state index contributed by atoms with van der Waals surface area (Å²) in [5, 5.41) is 0. The van der Waals surface area contributed by atoms with Gasteiger partial charge in [0.1, 0.15) is 10.1 Å². The van der Waals surface area contributed by atoms with E-state index in [1.54, 1.807) is 12.2 Å². The Labute approximate surface area is 99.2 Å². The van der Waals surface area contributed by atoms with Crippen LogP contribution in [-0.4, -0.2) is 17.7 Å². The molecule has 0 saturated carbocycles. The van der Waals surface area contributed by atoms with Crippen LogP contribution < -0.4 is 0 Å². The molecule has 0 amide bonds. The van der Waals surface area contributed by atoms with Crippen LogP contribution in [0.5, 0.6) is 0 Å². The van der Waals surface area contributed by atoms with Gasteiger partial charge in [-0.15, -0.1) is 0 Å². The summed E-state index contributed by atoms with van der Waals surface area (Å²) < 4.78 is 31.1. The van der Waals surface area contributed by atoms with E-state index >= 15 is 0 Å². The molecule has 1 aliphatic rings. The van der Waals surface area contributed by atoms with Gasteiger partial charge in [0.25, 0.3) is 0 Å². The summed E-state index contributed by atoms with van der Waals surface area (Å²) in [4.78, 5) is 0. The van der Waals surface area contributed by atoms with Gasteiger partial charge in [-0.25, -0.2) is 8.42 Å². The van der Waals surface area contributed by atoms with E-state index < -0.39 is 14.9 Å². The minimum Gasteiger partial charge on any atom is -0.747 e. The smallest absolute Gasteiger partial charge is 0.747 e. The van der Waals surface area contributed by atoms with Crippen molar-refractivity contribution >= 4 is 10.1 Å². The molecule has 0 N–H and O–H groups in total. The van der Waals surface area contributed by atoms with Crippen molar-refractivity contribution in [3.8, 4) is 0 Å². The normalized spacial score (nSPS) is 27.8. The van der Waals surface area contributed by atoms with Crippen molar-refractivity contribution in [2.45, 2.75) is 25.0 Å². The fourth-order valence-electron chi connectivity index (χ4n) is 0.993. The summed E-state index contributed by atoms with van der Waals surface area (Å²) in [7, 11) is -4.23. The molecular formula is C8H11HgO3S. The molecule has 0 aromatic rings. The molecule has 0 saturated heterocycles. The van der Waals surface area contributed by atoms with Gasteiger partial charge in [0, 0.05) is 0 Å². The number of hydrogen-bond donors (Lipinski definition) is 0. The summed E-state index contributed by atoms with van der Waals surface area (Å²) in [6.45, 7) is 3.31. The van der Waals surface area contributed by atoms with E-state index in [4.69, 9.17) is 0 Å². The van der Waals surface area contributed by atoms with E-state index in [2.05, 4.69) is 0 Å². The first-order valence-corrected chi connectivity index (χ1v) is 5.07. The molecule has 1 rings (SSSR count). The first kappa shape index (κ1) is 13.3. The zero-order valence-corrected chi connectivity index (χ0v) is 14.1. The molecule has 1 unspecified atom stereocenters. The van der Waals surface area contributed by atoms with E-state index in [9.17, 15) is 13.0 Å². The topological polar surface area (TPSA) is 57.2 Å². The van der Waals surface area contributed by atoms with Crippen LogP contribution in [0.25, 0.3) is 0 Å². The zero-order valence-electron chi connectivity index (χ0n) is 7.78. The predicted molar refractivity (Wildman–Crippen MR) is 45.6 cm³/mol. The molecule has 69 valence electrons. The van der Waals surface area contributed by atoms with Gasteiger partial charge in [-0.05, 0) is 20.3 Å². The van der Waals surface area contributed by atoms with Crippen LogP contribution in [0.1, 0.15) is 20.3 Å². The largest absolute Gasteiger partial charge is 1.00 e. The zero-order chi connectivity index (χ0) is 9.41. The fraction of sp³-hybridized carbons (Fsp3) is 0.500. The molecule has 5 heteroatoms. The molecular weight excluding hydrogens is 377 g/mol.